The third kappa shape index (κ3) is 5.34. The molecule has 9 heteroatoms. The zero-order valence-electron chi connectivity index (χ0n) is 12.4. The van der Waals surface area contributed by atoms with Gasteiger partial charge in [0.25, 0.3) is 0 Å². The van der Waals surface area contributed by atoms with E-state index in [4.69, 9.17) is 5.73 Å². The predicted octanol–water partition coefficient (Wildman–Crippen LogP) is 2.82. The maximum absolute atomic E-state index is 12.7. The average Bonchev–Trinajstić information content (AvgIpc) is 2.86. The molecule has 132 valence electrons. The minimum absolute atomic E-state index is 0. The standard InChI is InChI=1S/C14H19F3N2O2S.ClH/c15-14(16,17)12-5-3-4-11(8-12)9-22(20,21)19-13(10-18)6-1-2-7-13;/h3-5,8,19H,1-2,6-7,9-10,18H2;1H. The summed E-state index contributed by atoms with van der Waals surface area (Å²) in [4.78, 5) is 0. The van der Waals surface area contributed by atoms with Crippen LogP contribution < -0.4 is 10.5 Å². The molecule has 1 aliphatic carbocycles. The molecule has 0 aliphatic heterocycles. The molecule has 4 nitrogen and oxygen atoms in total. The summed E-state index contributed by atoms with van der Waals surface area (Å²) in [6, 6.07) is 4.37. The number of alkyl halides is 3. The minimum atomic E-state index is -4.49. The summed E-state index contributed by atoms with van der Waals surface area (Å²) >= 11 is 0. The number of hydrogen-bond acceptors (Lipinski definition) is 3. The van der Waals surface area contributed by atoms with Gasteiger partial charge in [0.1, 0.15) is 0 Å². The summed E-state index contributed by atoms with van der Waals surface area (Å²) in [5, 5.41) is 0. The molecule has 1 aromatic rings. The first-order valence-electron chi connectivity index (χ1n) is 7.04. The summed E-state index contributed by atoms with van der Waals surface area (Å²) in [6.07, 6.45) is -1.39. The molecule has 1 aliphatic rings. The van der Waals surface area contributed by atoms with Crippen LogP contribution in [0.1, 0.15) is 36.8 Å². The monoisotopic (exact) mass is 372 g/mol. The van der Waals surface area contributed by atoms with Crippen molar-refractivity contribution in [2.75, 3.05) is 6.54 Å². The van der Waals surface area contributed by atoms with Crippen LogP contribution in [0.5, 0.6) is 0 Å². The van der Waals surface area contributed by atoms with Crippen LogP contribution in [0.3, 0.4) is 0 Å². The van der Waals surface area contributed by atoms with E-state index in [-0.39, 0.29) is 24.5 Å². The first-order valence-corrected chi connectivity index (χ1v) is 8.69. The van der Waals surface area contributed by atoms with E-state index < -0.39 is 33.1 Å². The second kappa shape index (κ2) is 7.38. The zero-order valence-corrected chi connectivity index (χ0v) is 14.0. The van der Waals surface area contributed by atoms with Gasteiger partial charge in [-0.25, -0.2) is 13.1 Å². The maximum atomic E-state index is 12.7. The van der Waals surface area contributed by atoms with Crippen molar-refractivity contribution in [1.29, 1.82) is 0 Å². The Balaban J connectivity index is 0.00000264. The number of nitrogens with two attached hydrogens (primary N) is 1. The van der Waals surface area contributed by atoms with Crippen LogP contribution in [0.4, 0.5) is 13.2 Å². The topological polar surface area (TPSA) is 72.2 Å². The molecule has 1 aromatic carbocycles. The first-order chi connectivity index (χ1) is 10.2. The Hall–Kier alpha value is -0.830. The predicted molar refractivity (Wildman–Crippen MR) is 84.7 cm³/mol. The molecule has 1 saturated carbocycles. The third-order valence-corrected chi connectivity index (χ3v) is 5.39. The van der Waals surface area contributed by atoms with Gasteiger partial charge in [0.15, 0.2) is 0 Å². The molecule has 0 amide bonds. The highest BCUT2D eigenvalue weighted by atomic mass is 35.5. The molecule has 0 radical (unpaired) electrons. The highest BCUT2D eigenvalue weighted by molar-refractivity contribution is 7.88. The Morgan fingerprint density at radius 2 is 1.83 bits per heavy atom. The molecule has 0 aromatic heterocycles. The van der Waals surface area contributed by atoms with E-state index in [1.807, 2.05) is 0 Å². The number of rotatable bonds is 5. The van der Waals surface area contributed by atoms with Crippen LogP contribution in [0.25, 0.3) is 0 Å². The average molecular weight is 373 g/mol. The highest BCUT2D eigenvalue weighted by Gasteiger charge is 2.36. The van der Waals surface area contributed by atoms with Crippen LogP contribution in [-0.2, 0) is 22.0 Å². The number of sulfonamides is 1. The van der Waals surface area contributed by atoms with E-state index in [1.54, 1.807) is 0 Å². The van der Waals surface area contributed by atoms with Gasteiger partial charge in [0.05, 0.1) is 11.3 Å². The van der Waals surface area contributed by atoms with Crippen molar-refractivity contribution in [2.45, 2.75) is 43.2 Å². The lowest BCUT2D eigenvalue weighted by Gasteiger charge is -2.28. The molecule has 0 atom stereocenters. The molecule has 3 N–H and O–H groups in total. The third-order valence-electron chi connectivity index (χ3n) is 3.93. The van der Waals surface area contributed by atoms with Crippen LogP contribution in [-0.4, -0.2) is 20.5 Å². The lowest BCUT2D eigenvalue weighted by Crippen LogP contribution is -2.51. The normalized spacial score (nSPS) is 17.7. The molecule has 0 unspecified atom stereocenters. The Bertz CT molecular complexity index is 629. The van der Waals surface area contributed by atoms with Crippen molar-refractivity contribution >= 4 is 22.4 Å². The van der Waals surface area contributed by atoms with Crippen LogP contribution in [0, 0.1) is 0 Å². The molecule has 0 spiro atoms. The Labute approximate surface area is 140 Å². The summed E-state index contributed by atoms with van der Waals surface area (Å²) in [6.45, 7) is 0.189. The highest BCUT2D eigenvalue weighted by Crippen LogP contribution is 2.31. The minimum Gasteiger partial charge on any atom is -0.329 e. The molecule has 23 heavy (non-hydrogen) atoms. The van der Waals surface area contributed by atoms with Crippen molar-refractivity contribution in [2.24, 2.45) is 5.73 Å². The first kappa shape index (κ1) is 20.2. The number of halogens is 4. The Morgan fingerprint density at radius 1 is 1.22 bits per heavy atom. The number of nitrogens with one attached hydrogen (secondary N) is 1. The summed E-state index contributed by atoms with van der Waals surface area (Å²) in [5.41, 5.74) is 4.27. The van der Waals surface area contributed by atoms with Gasteiger partial charge in [-0.05, 0) is 24.5 Å². The summed E-state index contributed by atoms with van der Waals surface area (Å²) in [7, 11) is -3.75. The quantitative estimate of drug-likeness (QED) is 0.834. The van der Waals surface area contributed by atoms with Crippen LogP contribution in [0.15, 0.2) is 24.3 Å². The molecule has 0 bridgehead atoms. The summed E-state index contributed by atoms with van der Waals surface area (Å²) < 4.78 is 65.0. The van der Waals surface area contributed by atoms with Gasteiger partial charge in [-0.1, -0.05) is 31.0 Å². The van der Waals surface area contributed by atoms with E-state index >= 15 is 0 Å². The van der Waals surface area contributed by atoms with Gasteiger partial charge < -0.3 is 5.73 Å². The SMILES string of the molecule is Cl.NCC1(NS(=O)(=O)Cc2cccc(C(F)(F)F)c2)CCCC1. The van der Waals surface area contributed by atoms with Crippen LogP contribution >= 0.6 is 12.4 Å². The zero-order chi connectivity index (χ0) is 16.4. The fraction of sp³-hybridized carbons (Fsp3) is 0.571. The fourth-order valence-corrected chi connectivity index (χ4v) is 4.46. The lowest BCUT2D eigenvalue weighted by molar-refractivity contribution is -0.137. The molecule has 2 rings (SSSR count). The van der Waals surface area contributed by atoms with Crippen molar-refractivity contribution in [3.63, 3.8) is 0 Å². The van der Waals surface area contributed by atoms with Gasteiger partial charge in [0, 0.05) is 12.1 Å². The van der Waals surface area contributed by atoms with Gasteiger partial charge in [0.2, 0.25) is 10.0 Å². The van der Waals surface area contributed by atoms with E-state index in [1.165, 1.54) is 12.1 Å². The Morgan fingerprint density at radius 3 is 2.35 bits per heavy atom. The largest absolute Gasteiger partial charge is 0.416 e. The van der Waals surface area contributed by atoms with E-state index in [9.17, 15) is 21.6 Å². The Kier molecular flexibility index (Phi) is 6.48. The van der Waals surface area contributed by atoms with Crippen molar-refractivity contribution in [3.8, 4) is 0 Å². The lowest BCUT2D eigenvalue weighted by atomic mass is 10.0. The van der Waals surface area contributed by atoms with E-state index in [0.29, 0.717) is 12.8 Å². The molecular weight excluding hydrogens is 353 g/mol. The van der Waals surface area contributed by atoms with Gasteiger partial charge in [-0.3, -0.25) is 0 Å². The molecule has 0 heterocycles. The second-order valence-electron chi connectivity index (χ2n) is 5.75. The van der Waals surface area contributed by atoms with E-state index in [0.717, 1.165) is 25.0 Å². The van der Waals surface area contributed by atoms with Crippen molar-refractivity contribution < 1.29 is 21.6 Å². The molecular formula is C14H20ClF3N2O2S. The maximum Gasteiger partial charge on any atom is 0.416 e. The van der Waals surface area contributed by atoms with Crippen LogP contribution in [0.2, 0.25) is 0 Å². The van der Waals surface area contributed by atoms with Gasteiger partial charge in [-0.2, -0.15) is 13.2 Å². The van der Waals surface area contributed by atoms with Crippen molar-refractivity contribution in [1.82, 2.24) is 4.72 Å². The van der Waals surface area contributed by atoms with Gasteiger partial charge >= 0.3 is 6.18 Å². The van der Waals surface area contributed by atoms with E-state index in [2.05, 4.69) is 4.72 Å². The molecule has 0 saturated heterocycles. The molecule has 1 fully saturated rings. The summed E-state index contributed by atoms with van der Waals surface area (Å²) in [5.74, 6) is -0.487. The smallest absolute Gasteiger partial charge is 0.329 e. The van der Waals surface area contributed by atoms with Gasteiger partial charge in [-0.15, -0.1) is 12.4 Å². The second-order valence-corrected chi connectivity index (χ2v) is 7.47. The number of hydrogen-bond donors (Lipinski definition) is 2. The fourth-order valence-electron chi connectivity index (χ4n) is 2.82. The number of benzene rings is 1. The van der Waals surface area contributed by atoms with Crippen molar-refractivity contribution in [3.05, 3.63) is 35.4 Å².